The first kappa shape index (κ1) is 18.1. The number of aromatic nitrogens is 2. The molecule has 0 radical (unpaired) electrons. The number of hydrogen-bond donors (Lipinski definition) is 1. The summed E-state index contributed by atoms with van der Waals surface area (Å²) in [4.78, 5) is 16.9. The van der Waals surface area contributed by atoms with E-state index in [9.17, 15) is 4.79 Å². The molecule has 0 aliphatic carbocycles. The molecule has 0 bridgehead atoms. The van der Waals surface area contributed by atoms with Gasteiger partial charge >= 0.3 is 0 Å². The Bertz CT molecular complexity index is 927. The molecule has 1 amide bonds. The summed E-state index contributed by atoms with van der Waals surface area (Å²) in [5.41, 5.74) is 1.35. The number of amides is 1. The molecule has 0 atom stereocenters. The largest absolute Gasteiger partial charge is 0.490 e. The van der Waals surface area contributed by atoms with E-state index in [-0.39, 0.29) is 12.0 Å². The van der Waals surface area contributed by atoms with E-state index in [1.54, 1.807) is 11.3 Å². The van der Waals surface area contributed by atoms with Gasteiger partial charge in [0.15, 0.2) is 5.69 Å². The summed E-state index contributed by atoms with van der Waals surface area (Å²) in [7, 11) is 0. The number of nitrogens with zero attached hydrogens (tertiary/aromatic N) is 2. The van der Waals surface area contributed by atoms with Gasteiger partial charge < -0.3 is 9.64 Å². The normalized spacial score (nSPS) is 15.1. The van der Waals surface area contributed by atoms with Crippen LogP contribution in [0.3, 0.4) is 0 Å². The van der Waals surface area contributed by atoms with Gasteiger partial charge in [0, 0.05) is 35.8 Å². The lowest BCUT2D eigenvalue weighted by atomic mass is 10.1. The van der Waals surface area contributed by atoms with Crippen molar-refractivity contribution < 1.29 is 9.53 Å². The van der Waals surface area contributed by atoms with Crippen molar-refractivity contribution in [2.24, 2.45) is 0 Å². The van der Waals surface area contributed by atoms with Crippen LogP contribution >= 0.6 is 22.9 Å². The molecule has 1 N–H and O–H groups in total. The Morgan fingerprint density at radius 1 is 1.22 bits per heavy atom. The van der Waals surface area contributed by atoms with Crippen molar-refractivity contribution in [3.63, 3.8) is 0 Å². The van der Waals surface area contributed by atoms with E-state index in [1.807, 2.05) is 41.3 Å². The number of carbonyl (C=O) groups is 1. The zero-order valence-corrected chi connectivity index (χ0v) is 16.5. The number of likely N-dealkylation sites (tertiary alicyclic amines) is 1. The van der Waals surface area contributed by atoms with Crippen molar-refractivity contribution in [2.75, 3.05) is 13.1 Å². The van der Waals surface area contributed by atoms with Crippen LogP contribution in [-0.2, 0) is 0 Å². The van der Waals surface area contributed by atoms with E-state index in [2.05, 4.69) is 23.2 Å². The second kappa shape index (κ2) is 7.74. The van der Waals surface area contributed by atoms with Crippen LogP contribution in [0.1, 0.15) is 28.2 Å². The monoisotopic (exact) mass is 401 g/mol. The highest BCUT2D eigenvalue weighted by Crippen LogP contribution is 2.27. The summed E-state index contributed by atoms with van der Waals surface area (Å²) in [5, 5.41) is 7.89. The van der Waals surface area contributed by atoms with Crippen molar-refractivity contribution in [2.45, 2.75) is 25.9 Å². The highest BCUT2D eigenvalue weighted by molar-refractivity contribution is 7.15. The fraction of sp³-hybridized carbons (Fsp3) is 0.300. The molecule has 1 saturated heterocycles. The standard InChI is InChI=1S/C20H20ClN3O2S/c1-13-2-7-19(27-13)17-12-18(23-22-17)20(25)24-10-8-16(9-11-24)26-15-5-3-14(21)4-6-15/h2-7,12,16H,8-11H2,1H3,(H,22,23). The number of carbonyl (C=O) groups excluding carboxylic acids is 1. The molecular formula is C20H20ClN3O2S. The third-order valence-corrected chi connectivity index (χ3v) is 5.93. The Hall–Kier alpha value is -2.31. The predicted octanol–water partition coefficient (Wildman–Crippen LogP) is 4.78. The fourth-order valence-corrected chi connectivity index (χ4v) is 4.14. The smallest absolute Gasteiger partial charge is 0.274 e. The number of H-pyrrole nitrogens is 1. The quantitative estimate of drug-likeness (QED) is 0.684. The third-order valence-electron chi connectivity index (χ3n) is 4.65. The molecule has 2 aromatic heterocycles. The van der Waals surface area contributed by atoms with Crippen LogP contribution in [0.15, 0.2) is 42.5 Å². The number of ether oxygens (including phenoxy) is 1. The van der Waals surface area contributed by atoms with Gasteiger partial charge in [-0.3, -0.25) is 9.89 Å². The Balaban J connectivity index is 1.34. The Morgan fingerprint density at radius 2 is 1.96 bits per heavy atom. The molecule has 0 unspecified atom stereocenters. The van der Waals surface area contributed by atoms with Gasteiger partial charge in [0.05, 0.1) is 10.6 Å². The summed E-state index contributed by atoms with van der Waals surface area (Å²) in [5.74, 6) is 0.781. The summed E-state index contributed by atoms with van der Waals surface area (Å²) >= 11 is 7.58. The molecule has 3 heterocycles. The highest BCUT2D eigenvalue weighted by atomic mass is 35.5. The topological polar surface area (TPSA) is 58.2 Å². The molecule has 1 aliphatic rings. The molecule has 1 aromatic carbocycles. The molecule has 27 heavy (non-hydrogen) atoms. The van der Waals surface area contributed by atoms with Gasteiger partial charge in [0.2, 0.25) is 0 Å². The van der Waals surface area contributed by atoms with Crippen molar-refractivity contribution in [1.82, 2.24) is 15.1 Å². The number of halogens is 1. The van der Waals surface area contributed by atoms with E-state index in [0.29, 0.717) is 23.8 Å². The molecule has 5 nitrogen and oxygen atoms in total. The van der Waals surface area contributed by atoms with E-state index < -0.39 is 0 Å². The van der Waals surface area contributed by atoms with E-state index >= 15 is 0 Å². The number of benzene rings is 1. The van der Waals surface area contributed by atoms with Crippen LogP contribution in [0, 0.1) is 6.92 Å². The molecule has 0 spiro atoms. The first-order valence-corrected chi connectivity index (χ1v) is 10.1. The Labute approximate surface area is 166 Å². The number of piperidine rings is 1. The second-order valence-corrected chi connectivity index (χ2v) is 8.36. The number of rotatable bonds is 4. The van der Waals surface area contributed by atoms with Crippen molar-refractivity contribution in [3.8, 4) is 16.3 Å². The molecule has 7 heteroatoms. The molecule has 1 fully saturated rings. The number of thiophene rings is 1. The average Bonchev–Trinajstić information content (AvgIpc) is 3.33. The SMILES string of the molecule is Cc1ccc(-c2cc(C(=O)N3CCC(Oc4ccc(Cl)cc4)CC3)n[nH]2)s1. The minimum absolute atomic E-state index is 0.0317. The molecule has 3 aromatic rings. The van der Waals surface area contributed by atoms with Crippen LogP contribution in [0.5, 0.6) is 5.75 Å². The van der Waals surface area contributed by atoms with Crippen LogP contribution < -0.4 is 4.74 Å². The summed E-state index contributed by atoms with van der Waals surface area (Å²) in [6.07, 6.45) is 1.71. The molecule has 0 saturated carbocycles. The van der Waals surface area contributed by atoms with Gasteiger partial charge in [0.1, 0.15) is 11.9 Å². The van der Waals surface area contributed by atoms with Gasteiger partial charge in [-0.25, -0.2) is 0 Å². The van der Waals surface area contributed by atoms with Gasteiger partial charge in [-0.05, 0) is 49.4 Å². The lowest BCUT2D eigenvalue weighted by Crippen LogP contribution is -2.41. The number of hydrogen-bond acceptors (Lipinski definition) is 4. The second-order valence-electron chi connectivity index (χ2n) is 6.64. The van der Waals surface area contributed by atoms with Gasteiger partial charge in [-0.1, -0.05) is 11.6 Å². The zero-order valence-electron chi connectivity index (χ0n) is 14.9. The zero-order chi connectivity index (χ0) is 18.8. The lowest BCUT2D eigenvalue weighted by Gasteiger charge is -2.31. The summed E-state index contributed by atoms with van der Waals surface area (Å²) in [6, 6.07) is 13.3. The van der Waals surface area contributed by atoms with Gasteiger partial charge in [0.25, 0.3) is 5.91 Å². The number of aryl methyl sites for hydroxylation is 1. The first-order valence-electron chi connectivity index (χ1n) is 8.92. The third kappa shape index (κ3) is 4.17. The van der Waals surface area contributed by atoms with Crippen LogP contribution in [0.4, 0.5) is 0 Å². The molecule has 140 valence electrons. The Kier molecular flexibility index (Phi) is 5.18. The summed E-state index contributed by atoms with van der Waals surface area (Å²) < 4.78 is 5.99. The van der Waals surface area contributed by atoms with Crippen LogP contribution in [-0.4, -0.2) is 40.2 Å². The van der Waals surface area contributed by atoms with Crippen LogP contribution in [0.2, 0.25) is 5.02 Å². The molecular weight excluding hydrogens is 382 g/mol. The van der Waals surface area contributed by atoms with Crippen LogP contribution in [0.25, 0.3) is 10.6 Å². The number of nitrogens with one attached hydrogen (secondary N) is 1. The minimum atomic E-state index is -0.0317. The van der Waals surface area contributed by atoms with Crippen molar-refractivity contribution >= 4 is 28.8 Å². The fourth-order valence-electron chi connectivity index (χ4n) is 3.18. The molecule has 1 aliphatic heterocycles. The Morgan fingerprint density at radius 3 is 2.63 bits per heavy atom. The van der Waals surface area contributed by atoms with E-state index in [4.69, 9.17) is 16.3 Å². The van der Waals surface area contributed by atoms with Gasteiger partial charge in [-0.2, -0.15) is 5.10 Å². The maximum absolute atomic E-state index is 12.7. The van der Waals surface area contributed by atoms with Crippen molar-refractivity contribution in [3.05, 3.63) is 58.1 Å². The van der Waals surface area contributed by atoms with Gasteiger partial charge in [-0.15, -0.1) is 11.3 Å². The average molecular weight is 402 g/mol. The maximum atomic E-state index is 12.7. The maximum Gasteiger partial charge on any atom is 0.274 e. The summed E-state index contributed by atoms with van der Waals surface area (Å²) in [6.45, 7) is 3.39. The first-order chi connectivity index (χ1) is 13.1. The number of aromatic amines is 1. The molecule has 4 rings (SSSR count). The highest BCUT2D eigenvalue weighted by Gasteiger charge is 2.26. The van der Waals surface area contributed by atoms with E-state index in [1.165, 1.54) is 4.88 Å². The van der Waals surface area contributed by atoms with Crippen molar-refractivity contribution in [1.29, 1.82) is 0 Å². The minimum Gasteiger partial charge on any atom is -0.490 e. The predicted molar refractivity (Wildman–Crippen MR) is 108 cm³/mol. The lowest BCUT2D eigenvalue weighted by molar-refractivity contribution is 0.0590. The van der Waals surface area contributed by atoms with E-state index in [0.717, 1.165) is 29.2 Å².